The highest BCUT2D eigenvalue weighted by Crippen LogP contribution is 2.24. The summed E-state index contributed by atoms with van der Waals surface area (Å²) in [6.45, 7) is 0. The van der Waals surface area contributed by atoms with Gasteiger partial charge in [0.05, 0.1) is 16.3 Å². The van der Waals surface area contributed by atoms with Gasteiger partial charge < -0.3 is 31.4 Å². The molecule has 0 aliphatic carbocycles. The fourth-order valence-corrected chi connectivity index (χ4v) is 6.24. The summed E-state index contributed by atoms with van der Waals surface area (Å²) < 4.78 is 28.2. The first-order chi connectivity index (χ1) is 25.8. The Balaban J connectivity index is 1.18. The third-order valence-corrected chi connectivity index (χ3v) is 9.26. The Morgan fingerprint density at radius 3 is 2.28 bits per heavy atom. The molecule has 6 rings (SSSR count). The third kappa shape index (κ3) is 8.84. The maximum absolute atomic E-state index is 13.7. The van der Waals surface area contributed by atoms with E-state index in [1.54, 1.807) is 12.1 Å². The smallest absolute Gasteiger partial charge is 0.352 e. The molecule has 0 radical (unpaired) electrons. The number of hydrogen-bond acceptors (Lipinski definition) is 10. The summed E-state index contributed by atoms with van der Waals surface area (Å²) in [6.07, 6.45) is 1.12. The minimum absolute atomic E-state index is 0.0548. The Bertz CT molecular complexity index is 2490. The summed E-state index contributed by atoms with van der Waals surface area (Å²) in [5, 5.41) is 31.0. The van der Waals surface area contributed by atoms with Gasteiger partial charge >= 0.3 is 23.8 Å². The molecule has 0 bridgehead atoms. The highest BCUT2D eigenvalue weighted by atomic mass is 35.5. The van der Waals surface area contributed by atoms with E-state index < -0.39 is 45.8 Å². The largest absolute Gasteiger partial charge is 0.477 e. The van der Waals surface area contributed by atoms with Gasteiger partial charge in [-0.25, -0.2) is 22.7 Å². The lowest BCUT2D eigenvalue weighted by molar-refractivity contribution is -0.137. The summed E-state index contributed by atoms with van der Waals surface area (Å²) in [6, 6.07) is 21.4. The highest BCUT2D eigenvalue weighted by molar-refractivity contribution is 7.90. The quantitative estimate of drug-likeness (QED) is 0.0940. The number of benzene rings is 4. The first kappa shape index (κ1) is 36.7. The minimum Gasteiger partial charge on any atom is -0.477 e. The SMILES string of the molecule is O=C(Nc1ccc(CC(NC(=O)C(=O)Nc2cc(Cl)ccc2-n2cnnn2)C(=O)Nc2ccc3[nH]c(C(=O)O)cc3c2)cc1)NS(=O)(=O)c1ccccc1. The maximum Gasteiger partial charge on any atom is 0.352 e. The number of fused-ring (bicyclic) bond motifs is 1. The molecule has 0 aliphatic rings. The second-order valence-electron chi connectivity index (χ2n) is 11.4. The summed E-state index contributed by atoms with van der Waals surface area (Å²) in [4.78, 5) is 66.6. The van der Waals surface area contributed by atoms with Crippen LogP contribution in [0, 0.1) is 0 Å². The zero-order valence-corrected chi connectivity index (χ0v) is 29.1. The number of carboxylic acids is 1. The molecule has 4 aromatic carbocycles. The monoisotopic (exact) mass is 770 g/mol. The van der Waals surface area contributed by atoms with Crippen molar-refractivity contribution in [1.29, 1.82) is 0 Å². The number of carbonyl (C=O) groups excluding carboxylic acids is 4. The number of aromatic carboxylic acids is 1. The summed E-state index contributed by atoms with van der Waals surface area (Å²) in [5.41, 5.74) is 1.81. The van der Waals surface area contributed by atoms with Crippen molar-refractivity contribution in [2.24, 2.45) is 0 Å². The second-order valence-corrected chi connectivity index (χ2v) is 13.6. The van der Waals surface area contributed by atoms with Crippen LogP contribution in [-0.4, -0.2) is 74.5 Å². The van der Waals surface area contributed by atoms with E-state index in [0.29, 0.717) is 22.2 Å². The Morgan fingerprint density at radius 2 is 1.57 bits per heavy atom. The second kappa shape index (κ2) is 15.6. The van der Waals surface area contributed by atoms with Gasteiger partial charge in [-0.1, -0.05) is 41.9 Å². The number of nitrogens with zero attached hydrogens (tertiary/aromatic N) is 4. The lowest BCUT2D eigenvalue weighted by atomic mass is 10.0. The third-order valence-electron chi connectivity index (χ3n) is 7.68. The molecule has 54 heavy (non-hydrogen) atoms. The van der Waals surface area contributed by atoms with Gasteiger partial charge in [0, 0.05) is 33.7 Å². The van der Waals surface area contributed by atoms with Crippen LogP contribution in [0.3, 0.4) is 0 Å². The number of hydrogen-bond donors (Lipinski definition) is 7. The number of H-pyrrole nitrogens is 1. The molecule has 0 spiro atoms. The van der Waals surface area contributed by atoms with Crippen molar-refractivity contribution in [2.75, 3.05) is 16.0 Å². The van der Waals surface area contributed by atoms with Crippen molar-refractivity contribution in [3.8, 4) is 5.69 Å². The van der Waals surface area contributed by atoms with Crippen molar-refractivity contribution in [3.63, 3.8) is 0 Å². The number of tetrazole rings is 1. The molecule has 6 aromatic rings. The molecule has 274 valence electrons. The number of rotatable bonds is 11. The molecule has 0 saturated heterocycles. The van der Waals surface area contributed by atoms with Crippen LogP contribution < -0.4 is 26.0 Å². The first-order valence-corrected chi connectivity index (χ1v) is 17.5. The molecular weight excluding hydrogens is 744 g/mol. The lowest BCUT2D eigenvalue weighted by Crippen LogP contribution is -2.49. The number of anilines is 3. The lowest BCUT2D eigenvalue weighted by Gasteiger charge is -2.19. The van der Waals surface area contributed by atoms with Gasteiger partial charge in [-0.2, -0.15) is 4.68 Å². The summed E-state index contributed by atoms with van der Waals surface area (Å²) in [5.74, 6) is -4.22. The minimum atomic E-state index is -4.13. The summed E-state index contributed by atoms with van der Waals surface area (Å²) >= 11 is 6.13. The molecule has 20 heteroatoms. The predicted molar refractivity (Wildman–Crippen MR) is 195 cm³/mol. The highest BCUT2D eigenvalue weighted by Gasteiger charge is 2.26. The van der Waals surface area contributed by atoms with Gasteiger partial charge in [0.15, 0.2) is 0 Å². The normalized spacial score (nSPS) is 11.6. The number of nitrogens with one attached hydrogen (secondary N) is 6. The van der Waals surface area contributed by atoms with Gasteiger partial charge in [-0.05, 0) is 82.7 Å². The average molecular weight is 771 g/mol. The number of aromatic amines is 1. The van der Waals surface area contributed by atoms with Gasteiger partial charge in [0.25, 0.3) is 10.0 Å². The standard InChI is InChI=1S/C34H27ClN10O8S/c35-21-8-13-29(45-18-36-43-44-45)26(17-21)40-31(47)32(48)41-27(30(46)37-23-11-12-25-20(15-23)16-28(39-25)33(49)50)14-19-6-9-22(10-7-19)38-34(51)42-54(52,53)24-4-2-1-3-5-24/h1-13,15-18,27,39H,14H2,(H,37,46)(H,40,47)(H,41,48)(H,49,50)(H2,38,42,51). The maximum atomic E-state index is 13.7. The van der Waals surface area contributed by atoms with E-state index in [1.807, 2.05) is 4.72 Å². The van der Waals surface area contributed by atoms with Gasteiger partial charge in [0.1, 0.15) is 18.1 Å². The van der Waals surface area contributed by atoms with E-state index in [1.165, 1.54) is 95.9 Å². The van der Waals surface area contributed by atoms with Crippen LogP contribution in [0.5, 0.6) is 0 Å². The van der Waals surface area contributed by atoms with Crippen LogP contribution in [0.1, 0.15) is 16.1 Å². The zero-order chi connectivity index (χ0) is 38.4. The van der Waals surface area contributed by atoms with Gasteiger partial charge in [-0.3, -0.25) is 14.4 Å². The average Bonchev–Trinajstić information content (AvgIpc) is 3.83. The van der Waals surface area contributed by atoms with Crippen LogP contribution in [0.15, 0.2) is 108 Å². The van der Waals surface area contributed by atoms with E-state index in [4.69, 9.17) is 11.6 Å². The molecule has 1 atom stereocenters. The number of amides is 5. The van der Waals surface area contributed by atoms with E-state index in [-0.39, 0.29) is 39.1 Å². The Kier molecular flexibility index (Phi) is 10.6. The van der Waals surface area contributed by atoms with E-state index in [0.717, 1.165) is 0 Å². The number of carboxylic acid groups (broad SMARTS) is 1. The molecule has 1 unspecified atom stereocenters. The van der Waals surface area contributed by atoms with Gasteiger partial charge in [-0.15, -0.1) is 5.10 Å². The molecule has 0 saturated carbocycles. The van der Waals surface area contributed by atoms with E-state index in [2.05, 4.69) is 41.8 Å². The Labute approximate surface area is 310 Å². The number of urea groups is 1. The molecule has 5 amide bonds. The van der Waals surface area contributed by atoms with Crippen LogP contribution >= 0.6 is 11.6 Å². The zero-order valence-electron chi connectivity index (χ0n) is 27.5. The molecule has 2 aromatic heterocycles. The van der Waals surface area contributed by atoms with E-state index in [9.17, 15) is 37.5 Å². The van der Waals surface area contributed by atoms with Crippen LogP contribution in [0.4, 0.5) is 21.9 Å². The number of carbonyl (C=O) groups is 5. The fourth-order valence-electron chi connectivity index (χ4n) is 5.14. The van der Waals surface area contributed by atoms with Crippen LogP contribution in [0.25, 0.3) is 16.6 Å². The van der Waals surface area contributed by atoms with Crippen LogP contribution in [-0.2, 0) is 30.8 Å². The van der Waals surface area contributed by atoms with Crippen molar-refractivity contribution in [3.05, 3.63) is 120 Å². The molecule has 0 aliphatic heterocycles. The van der Waals surface area contributed by atoms with Gasteiger partial charge in [0.2, 0.25) is 5.91 Å². The Hall–Kier alpha value is -7.12. The van der Waals surface area contributed by atoms with E-state index >= 15 is 0 Å². The molecular formula is C34H27ClN10O8S. The Morgan fingerprint density at radius 1 is 0.833 bits per heavy atom. The molecule has 0 fully saturated rings. The van der Waals surface area contributed by atoms with Crippen molar-refractivity contribution >= 4 is 79.3 Å². The number of aromatic nitrogens is 5. The fraction of sp³-hybridized carbons (Fsp3) is 0.0588. The summed E-state index contributed by atoms with van der Waals surface area (Å²) in [7, 11) is -4.13. The number of halogens is 1. The van der Waals surface area contributed by atoms with Crippen LogP contribution in [0.2, 0.25) is 5.02 Å². The molecule has 7 N–H and O–H groups in total. The van der Waals surface area contributed by atoms with Crippen molar-refractivity contribution in [1.82, 2.24) is 35.2 Å². The topological polar surface area (TPSA) is 259 Å². The molecule has 2 heterocycles. The van der Waals surface area contributed by atoms with Crippen molar-refractivity contribution < 1.29 is 37.5 Å². The van der Waals surface area contributed by atoms with Crippen molar-refractivity contribution in [2.45, 2.75) is 17.4 Å². The molecule has 18 nitrogen and oxygen atoms in total. The predicted octanol–water partition coefficient (Wildman–Crippen LogP) is 3.31. The first-order valence-electron chi connectivity index (χ1n) is 15.6. The number of sulfonamides is 1.